The summed E-state index contributed by atoms with van der Waals surface area (Å²) in [5.41, 5.74) is 1.21. The van der Waals surface area contributed by atoms with Crippen molar-refractivity contribution in [3.8, 4) is 0 Å². The zero-order chi connectivity index (χ0) is 19.4. The molecule has 4 aliphatic rings. The van der Waals surface area contributed by atoms with Crippen LogP contribution >= 0.6 is 0 Å². The topological polar surface area (TPSA) is 81.0 Å². The Bertz CT molecular complexity index is 1060. The number of nitrogens with zero attached hydrogens (tertiary/aromatic N) is 2. The summed E-state index contributed by atoms with van der Waals surface area (Å²) in [6.07, 6.45) is -0.206. The number of hydrogen-bond donors (Lipinski definition) is 1. The van der Waals surface area contributed by atoms with Crippen molar-refractivity contribution in [1.82, 2.24) is 9.47 Å². The number of aromatic nitrogens is 1. The van der Waals surface area contributed by atoms with Gasteiger partial charge in [0.25, 0.3) is 5.91 Å². The first-order valence-electron chi connectivity index (χ1n) is 9.87. The third-order valence-corrected chi connectivity index (χ3v) is 7.54. The highest BCUT2D eigenvalue weighted by atomic mass is 16.6. The Morgan fingerprint density at radius 2 is 2.18 bits per heavy atom. The van der Waals surface area contributed by atoms with Gasteiger partial charge in [-0.1, -0.05) is 25.1 Å². The van der Waals surface area contributed by atoms with Gasteiger partial charge in [-0.05, 0) is 24.5 Å². The summed E-state index contributed by atoms with van der Waals surface area (Å²) >= 11 is 0. The predicted octanol–water partition coefficient (Wildman–Crippen LogP) is 1.47. The minimum atomic E-state index is -1.35. The molecule has 6 rings (SSSR count). The van der Waals surface area contributed by atoms with Crippen molar-refractivity contribution in [2.75, 3.05) is 13.7 Å². The van der Waals surface area contributed by atoms with E-state index >= 15 is 0 Å². The van der Waals surface area contributed by atoms with Gasteiger partial charge in [-0.3, -0.25) is 4.79 Å². The minimum Gasteiger partial charge on any atom is -0.465 e. The number of ether oxygens (including phenoxy) is 2. The van der Waals surface area contributed by atoms with Crippen molar-refractivity contribution in [2.45, 2.75) is 50.2 Å². The number of para-hydroxylation sites is 1. The maximum atomic E-state index is 13.1. The van der Waals surface area contributed by atoms with E-state index in [4.69, 9.17) is 9.47 Å². The second-order valence-corrected chi connectivity index (χ2v) is 8.42. The first-order chi connectivity index (χ1) is 13.5. The highest BCUT2D eigenvalue weighted by Gasteiger charge is 2.74. The van der Waals surface area contributed by atoms with E-state index in [1.54, 1.807) is 0 Å². The van der Waals surface area contributed by atoms with Crippen LogP contribution in [0.25, 0.3) is 10.9 Å². The molecule has 1 N–H and O–H groups in total. The fraction of sp³-hybridized carbons (Fsp3) is 0.524. The molecule has 1 aromatic heterocycles. The van der Waals surface area contributed by atoms with Gasteiger partial charge >= 0.3 is 5.97 Å². The molecule has 146 valence electrons. The van der Waals surface area contributed by atoms with Crippen LogP contribution in [0.2, 0.25) is 0 Å². The third-order valence-electron chi connectivity index (χ3n) is 7.54. The van der Waals surface area contributed by atoms with E-state index in [1.165, 1.54) is 12.7 Å². The molecule has 1 amide bonds. The van der Waals surface area contributed by atoms with E-state index < -0.39 is 29.3 Å². The number of amides is 1. The summed E-state index contributed by atoms with van der Waals surface area (Å²) in [5, 5.41) is 11.9. The van der Waals surface area contributed by atoms with Gasteiger partial charge in [-0.25, -0.2) is 4.79 Å². The molecular formula is C21H22N2O5. The fourth-order valence-electron chi connectivity index (χ4n) is 6.46. The third kappa shape index (κ3) is 1.50. The molecule has 0 aliphatic carbocycles. The van der Waals surface area contributed by atoms with E-state index in [1.807, 2.05) is 27.7 Å². The lowest BCUT2D eigenvalue weighted by Crippen LogP contribution is -2.64. The number of aliphatic hydroxyl groups excluding tert-OH is 1. The first-order valence-corrected chi connectivity index (χ1v) is 9.87. The maximum Gasteiger partial charge on any atom is 0.360 e. The Labute approximate surface area is 161 Å². The van der Waals surface area contributed by atoms with Gasteiger partial charge in [0.15, 0.2) is 6.10 Å². The lowest BCUT2D eigenvalue weighted by atomic mass is 9.62. The van der Waals surface area contributed by atoms with Crippen LogP contribution < -0.4 is 0 Å². The number of esters is 1. The van der Waals surface area contributed by atoms with Gasteiger partial charge in [-0.2, -0.15) is 0 Å². The average molecular weight is 382 g/mol. The molecule has 2 bridgehead atoms. The molecule has 0 radical (unpaired) electrons. The van der Waals surface area contributed by atoms with Crippen molar-refractivity contribution in [3.05, 3.63) is 35.5 Å². The van der Waals surface area contributed by atoms with Crippen LogP contribution in [-0.4, -0.2) is 52.3 Å². The number of methoxy groups -OCH3 is 1. The number of aliphatic hydroxyl groups is 1. The molecule has 0 unspecified atom stereocenters. The summed E-state index contributed by atoms with van der Waals surface area (Å²) in [6.45, 7) is 2.62. The predicted molar refractivity (Wildman–Crippen MR) is 98.3 cm³/mol. The maximum absolute atomic E-state index is 13.1. The van der Waals surface area contributed by atoms with Crippen molar-refractivity contribution in [3.63, 3.8) is 0 Å². The van der Waals surface area contributed by atoms with Crippen molar-refractivity contribution in [1.29, 1.82) is 0 Å². The first kappa shape index (κ1) is 16.6. The zero-order valence-electron chi connectivity index (χ0n) is 15.8. The Morgan fingerprint density at radius 3 is 2.93 bits per heavy atom. The van der Waals surface area contributed by atoms with E-state index in [0.717, 1.165) is 16.6 Å². The van der Waals surface area contributed by atoms with Crippen LogP contribution in [0.5, 0.6) is 0 Å². The van der Waals surface area contributed by atoms with Crippen LogP contribution in [0.1, 0.15) is 37.1 Å². The average Bonchev–Trinajstić information content (AvgIpc) is 3.23. The highest BCUT2D eigenvalue weighted by Crippen LogP contribution is 2.67. The summed E-state index contributed by atoms with van der Waals surface area (Å²) in [7, 11) is 1.36. The standard InChI is InChI=1S/C21H22N2O5/c1-3-20-10-21(19(26)27-2)23-13-7-5-4-6-11(13)12-8-9-22(16(20)14(12)23)18(25)15(24)17(20)28-21/h4-7,15-17,24H,3,8-10H2,1-2H3/t15-,16-,17-,20+,21+/m1/s1. The second kappa shape index (κ2) is 4.96. The normalized spacial score (nSPS) is 37.5. The minimum absolute atomic E-state index is 0.199. The van der Waals surface area contributed by atoms with Gasteiger partial charge in [0.05, 0.1) is 18.7 Å². The molecule has 2 aromatic rings. The van der Waals surface area contributed by atoms with E-state index in [2.05, 4.69) is 13.0 Å². The molecule has 5 atom stereocenters. The molecule has 1 aromatic carbocycles. The Kier molecular flexibility index (Phi) is 2.93. The molecule has 0 spiro atoms. The molecular weight excluding hydrogens is 360 g/mol. The smallest absolute Gasteiger partial charge is 0.360 e. The monoisotopic (exact) mass is 382 g/mol. The number of carbonyl (C=O) groups excluding carboxylic acids is 2. The number of fused-ring (bicyclic) bond motifs is 5. The Balaban J connectivity index is 1.78. The lowest BCUT2D eigenvalue weighted by molar-refractivity contribution is -0.195. The molecule has 5 heterocycles. The number of rotatable bonds is 2. The Hall–Kier alpha value is -2.38. The van der Waals surface area contributed by atoms with Crippen LogP contribution in [0.4, 0.5) is 0 Å². The highest BCUT2D eigenvalue weighted by molar-refractivity contribution is 5.92. The van der Waals surface area contributed by atoms with Gasteiger partial charge < -0.3 is 24.0 Å². The van der Waals surface area contributed by atoms with Crippen LogP contribution in [0.15, 0.2) is 24.3 Å². The number of hydrogen-bond acceptors (Lipinski definition) is 5. The summed E-state index contributed by atoms with van der Waals surface area (Å²) in [5.74, 6) is -0.780. The molecule has 2 saturated heterocycles. The molecule has 7 nitrogen and oxygen atoms in total. The molecule has 28 heavy (non-hydrogen) atoms. The number of piperidine rings is 1. The van der Waals surface area contributed by atoms with Crippen molar-refractivity contribution in [2.24, 2.45) is 5.41 Å². The van der Waals surface area contributed by atoms with Gasteiger partial charge in [0.1, 0.15) is 6.10 Å². The summed E-state index contributed by atoms with van der Waals surface area (Å²) in [6, 6.07) is 7.80. The lowest BCUT2D eigenvalue weighted by Gasteiger charge is -2.54. The molecule has 4 aliphatic heterocycles. The second-order valence-electron chi connectivity index (χ2n) is 8.42. The van der Waals surface area contributed by atoms with E-state index in [9.17, 15) is 14.7 Å². The van der Waals surface area contributed by atoms with Crippen LogP contribution in [0, 0.1) is 5.41 Å². The summed E-state index contributed by atoms with van der Waals surface area (Å²) < 4.78 is 13.6. The SMILES string of the molecule is CC[C@@]12C[C@@]3(C(=O)OC)O[C@@H]1[C@@H](O)C(=O)N1CCc4c(n3c3ccccc43)[C@@H]12. The quantitative estimate of drug-likeness (QED) is 0.796. The van der Waals surface area contributed by atoms with E-state index in [0.29, 0.717) is 25.8 Å². The van der Waals surface area contributed by atoms with Gasteiger partial charge in [-0.15, -0.1) is 0 Å². The van der Waals surface area contributed by atoms with Gasteiger partial charge in [0.2, 0.25) is 5.72 Å². The largest absolute Gasteiger partial charge is 0.465 e. The number of benzene rings is 1. The molecule has 7 heteroatoms. The zero-order valence-corrected chi connectivity index (χ0v) is 15.8. The Morgan fingerprint density at radius 1 is 1.39 bits per heavy atom. The van der Waals surface area contributed by atoms with Crippen molar-refractivity contribution < 1.29 is 24.2 Å². The number of carbonyl (C=O) groups is 2. The molecule has 0 saturated carbocycles. The molecule has 2 fully saturated rings. The summed E-state index contributed by atoms with van der Waals surface area (Å²) in [4.78, 5) is 28.0. The van der Waals surface area contributed by atoms with Crippen LogP contribution in [-0.2, 0) is 31.2 Å². The van der Waals surface area contributed by atoms with Crippen LogP contribution in [0.3, 0.4) is 0 Å². The fourth-order valence-corrected chi connectivity index (χ4v) is 6.46. The van der Waals surface area contributed by atoms with Crippen molar-refractivity contribution >= 4 is 22.8 Å². The van der Waals surface area contributed by atoms with E-state index in [-0.39, 0.29) is 11.9 Å². The van der Waals surface area contributed by atoms with Gasteiger partial charge in [0, 0.05) is 29.5 Å².